The molecule has 136 valence electrons. The Kier molecular flexibility index (Phi) is 4.23. The summed E-state index contributed by atoms with van der Waals surface area (Å²) in [4.78, 5) is 12.6. The van der Waals surface area contributed by atoms with Crippen LogP contribution in [0.1, 0.15) is 29.9 Å². The summed E-state index contributed by atoms with van der Waals surface area (Å²) in [5.74, 6) is 0.446. The van der Waals surface area contributed by atoms with Gasteiger partial charge in [-0.1, -0.05) is 36.4 Å². The molecule has 0 aromatic heterocycles. The molecule has 26 heavy (non-hydrogen) atoms. The first kappa shape index (κ1) is 17.1. The van der Waals surface area contributed by atoms with Crippen LogP contribution in [0.5, 0.6) is 0 Å². The molecule has 1 saturated heterocycles. The van der Waals surface area contributed by atoms with Crippen molar-refractivity contribution >= 4 is 27.3 Å². The third kappa shape index (κ3) is 3.21. The Morgan fingerprint density at radius 3 is 2.62 bits per heavy atom. The average Bonchev–Trinajstić information content (AvgIpc) is 3.35. The van der Waals surface area contributed by atoms with E-state index in [9.17, 15) is 13.2 Å². The SMILES string of the molecule is Cc1ccc(N2CCCS2(=O)=O)cc1NC(=O)C1CC1c1ccccc1. The van der Waals surface area contributed by atoms with Crippen molar-refractivity contribution in [2.45, 2.75) is 25.7 Å². The molecule has 1 saturated carbocycles. The monoisotopic (exact) mass is 370 g/mol. The molecule has 1 N–H and O–H groups in total. The zero-order chi connectivity index (χ0) is 18.3. The van der Waals surface area contributed by atoms with Crippen molar-refractivity contribution in [2.75, 3.05) is 21.9 Å². The predicted octanol–water partition coefficient (Wildman–Crippen LogP) is 3.28. The fourth-order valence-electron chi connectivity index (χ4n) is 3.61. The summed E-state index contributed by atoms with van der Waals surface area (Å²) < 4.78 is 25.7. The average molecular weight is 370 g/mol. The molecular formula is C20H22N2O3S. The van der Waals surface area contributed by atoms with E-state index in [-0.39, 0.29) is 23.5 Å². The maximum absolute atomic E-state index is 12.6. The first-order chi connectivity index (χ1) is 12.5. The Balaban J connectivity index is 1.50. The van der Waals surface area contributed by atoms with Crippen molar-refractivity contribution in [3.63, 3.8) is 0 Å². The first-order valence-corrected chi connectivity index (χ1v) is 10.5. The second-order valence-electron chi connectivity index (χ2n) is 7.09. The number of anilines is 2. The van der Waals surface area contributed by atoms with Gasteiger partial charge in [0, 0.05) is 18.2 Å². The molecule has 2 fully saturated rings. The number of hydrogen-bond acceptors (Lipinski definition) is 3. The van der Waals surface area contributed by atoms with Crippen LogP contribution < -0.4 is 9.62 Å². The van der Waals surface area contributed by atoms with Gasteiger partial charge >= 0.3 is 0 Å². The van der Waals surface area contributed by atoms with Gasteiger partial charge in [0.25, 0.3) is 0 Å². The van der Waals surface area contributed by atoms with Gasteiger partial charge in [0.1, 0.15) is 0 Å². The number of hydrogen-bond donors (Lipinski definition) is 1. The Morgan fingerprint density at radius 2 is 1.92 bits per heavy atom. The third-order valence-corrected chi connectivity index (χ3v) is 7.09. The summed E-state index contributed by atoms with van der Waals surface area (Å²) in [6.45, 7) is 2.41. The van der Waals surface area contributed by atoms with Crippen LogP contribution in [0.4, 0.5) is 11.4 Å². The maximum atomic E-state index is 12.6. The van der Waals surface area contributed by atoms with Crippen molar-refractivity contribution in [1.82, 2.24) is 0 Å². The van der Waals surface area contributed by atoms with Gasteiger partial charge in [0.05, 0.1) is 11.4 Å². The molecule has 0 radical (unpaired) electrons. The van der Waals surface area contributed by atoms with E-state index in [0.717, 1.165) is 12.0 Å². The highest BCUT2D eigenvalue weighted by Gasteiger charge is 2.44. The molecule has 1 amide bonds. The minimum Gasteiger partial charge on any atom is -0.326 e. The van der Waals surface area contributed by atoms with Crippen molar-refractivity contribution in [2.24, 2.45) is 5.92 Å². The van der Waals surface area contributed by atoms with Crippen LogP contribution >= 0.6 is 0 Å². The van der Waals surface area contributed by atoms with Crippen molar-refractivity contribution in [1.29, 1.82) is 0 Å². The van der Waals surface area contributed by atoms with Crippen molar-refractivity contribution < 1.29 is 13.2 Å². The van der Waals surface area contributed by atoms with Crippen molar-refractivity contribution in [3.8, 4) is 0 Å². The predicted molar refractivity (Wildman–Crippen MR) is 103 cm³/mol. The number of carbonyl (C=O) groups is 1. The number of nitrogens with zero attached hydrogens (tertiary/aromatic N) is 1. The Hall–Kier alpha value is -2.34. The van der Waals surface area contributed by atoms with E-state index in [1.807, 2.05) is 31.2 Å². The highest BCUT2D eigenvalue weighted by atomic mass is 32.2. The third-order valence-electron chi connectivity index (χ3n) is 5.22. The van der Waals surface area contributed by atoms with E-state index in [2.05, 4.69) is 17.4 Å². The number of nitrogens with one attached hydrogen (secondary N) is 1. The molecule has 2 aromatic carbocycles. The van der Waals surface area contributed by atoms with Crippen LogP contribution in [0, 0.1) is 12.8 Å². The van der Waals surface area contributed by atoms with Crippen LogP contribution in [-0.4, -0.2) is 26.6 Å². The van der Waals surface area contributed by atoms with Crippen LogP contribution in [0.25, 0.3) is 0 Å². The molecule has 1 aliphatic heterocycles. The molecule has 1 heterocycles. The number of carbonyl (C=O) groups excluding carboxylic acids is 1. The summed E-state index contributed by atoms with van der Waals surface area (Å²) in [6.07, 6.45) is 1.49. The zero-order valence-electron chi connectivity index (χ0n) is 14.7. The van der Waals surface area contributed by atoms with Gasteiger partial charge in [0.15, 0.2) is 0 Å². The molecule has 2 unspecified atom stereocenters. The smallest absolute Gasteiger partial charge is 0.235 e. The van der Waals surface area contributed by atoms with E-state index < -0.39 is 10.0 Å². The zero-order valence-corrected chi connectivity index (χ0v) is 15.5. The van der Waals surface area contributed by atoms with Crippen LogP contribution in [0.15, 0.2) is 48.5 Å². The normalized spacial score (nSPS) is 23.7. The number of amides is 1. The van der Waals surface area contributed by atoms with Crippen molar-refractivity contribution in [3.05, 3.63) is 59.7 Å². The summed E-state index contributed by atoms with van der Waals surface area (Å²) in [7, 11) is -3.23. The molecule has 6 heteroatoms. The molecule has 0 bridgehead atoms. The largest absolute Gasteiger partial charge is 0.326 e. The standard InChI is InChI=1S/C20H22N2O3S/c1-14-8-9-16(22-10-5-11-26(22,24)25)12-19(14)21-20(23)18-13-17(18)15-6-3-2-4-7-15/h2-4,6-9,12,17-18H,5,10-11,13H2,1H3,(H,21,23). The quantitative estimate of drug-likeness (QED) is 0.898. The summed E-state index contributed by atoms with van der Waals surface area (Å²) in [6, 6.07) is 15.5. The fourth-order valence-corrected chi connectivity index (χ4v) is 5.16. The maximum Gasteiger partial charge on any atom is 0.235 e. The lowest BCUT2D eigenvalue weighted by atomic mass is 10.1. The fraction of sp³-hybridized carbons (Fsp3) is 0.350. The van der Waals surface area contributed by atoms with E-state index in [1.54, 1.807) is 12.1 Å². The number of benzene rings is 2. The van der Waals surface area contributed by atoms with Gasteiger partial charge in [-0.05, 0) is 48.9 Å². The minimum atomic E-state index is -3.23. The van der Waals surface area contributed by atoms with E-state index in [0.29, 0.717) is 24.3 Å². The van der Waals surface area contributed by atoms with E-state index in [4.69, 9.17) is 0 Å². The molecular weight excluding hydrogens is 348 g/mol. The highest BCUT2D eigenvalue weighted by Crippen LogP contribution is 2.48. The van der Waals surface area contributed by atoms with Gasteiger partial charge in [-0.3, -0.25) is 9.10 Å². The molecule has 2 aliphatic rings. The topological polar surface area (TPSA) is 66.5 Å². The molecule has 0 spiro atoms. The summed E-state index contributed by atoms with van der Waals surface area (Å²) >= 11 is 0. The first-order valence-electron chi connectivity index (χ1n) is 8.92. The molecule has 2 aromatic rings. The summed E-state index contributed by atoms with van der Waals surface area (Å²) in [5, 5.41) is 3.00. The van der Waals surface area contributed by atoms with Gasteiger partial charge in [-0.25, -0.2) is 8.42 Å². The second kappa shape index (κ2) is 6.43. The lowest BCUT2D eigenvalue weighted by Crippen LogP contribution is -2.25. The highest BCUT2D eigenvalue weighted by molar-refractivity contribution is 7.93. The molecule has 4 rings (SSSR count). The van der Waals surface area contributed by atoms with Crippen LogP contribution in [0.3, 0.4) is 0 Å². The van der Waals surface area contributed by atoms with Crippen LogP contribution in [-0.2, 0) is 14.8 Å². The molecule has 5 nitrogen and oxygen atoms in total. The van der Waals surface area contributed by atoms with Gasteiger partial charge in [-0.15, -0.1) is 0 Å². The lowest BCUT2D eigenvalue weighted by molar-refractivity contribution is -0.117. The second-order valence-corrected chi connectivity index (χ2v) is 9.10. The number of sulfonamides is 1. The lowest BCUT2D eigenvalue weighted by Gasteiger charge is -2.19. The molecule has 1 aliphatic carbocycles. The Labute approximate surface area is 154 Å². The Bertz CT molecular complexity index is 941. The van der Waals surface area contributed by atoms with Crippen LogP contribution in [0.2, 0.25) is 0 Å². The van der Waals surface area contributed by atoms with Gasteiger partial charge < -0.3 is 5.32 Å². The van der Waals surface area contributed by atoms with E-state index >= 15 is 0 Å². The molecule has 2 atom stereocenters. The van der Waals surface area contributed by atoms with E-state index in [1.165, 1.54) is 9.87 Å². The minimum absolute atomic E-state index is 0.00313. The Morgan fingerprint density at radius 1 is 1.15 bits per heavy atom. The number of rotatable bonds is 4. The summed E-state index contributed by atoms with van der Waals surface area (Å²) in [5.41, 5.74) is 3.43. The van der Waals surface area contributed by atoms with Gasteiger partial charge in [-0.2, -0.15) is 0 Å². The number of aryl methyl sites for hydroxylation is 1. The van der Waals surface area contributed by atoms with Gasteiger partial charge in [0.2, 0.25) is 15.9 Å².